The summed E-state index contributed by atoms with van der Waals surface area (Å²) in [6.07, 6.45) is 0. The third-order valence-electron chi connectivity index (χ3n) is 3.31. The number of aliphatic imine (C=N–C) groups is 1. The first-order valence-electron chi connectivity index (χ1n) is 8.38. The summed E-state index contributed by atoms with van der Waals surface area (Å²) in [5.41, 5.74) is 0.336. The minimum atomic E-state index is -3.01. The lowest BCUT2D eigenvalue weighted by molar-refractivity contribution is -0.0503. The molecule has 0 aliphatic rings. The van der Waals surface area contributed by atoms with E-state index in [4.69, 9.17) is 23.2 Å². The Morgan fingerprint density at radius 2 is 1.93 bits per heavy atom. The first kappa shape index (κ1) is 27.6. The van der Waals surface area contributed by atoms with Crippen LogP contribution in [0.2, 0.25) is 10.0 Å². The van der Waals surface area contributed by atoms with E-state index in [1.807, 2.05) is 27.7 Å². The highest BCUT2D eigenvalue weighted by molar-refractivity contribution is 14.0. The third kappa shape index (κ3) is 9.89. The van der Waals surface area contributed by atoms with E-state index in [1.54, 1.807) is 0 Å². The van der Waals surface area contributed by atoms with Gasteiger partial charge in [-0.15, -0.1) is 24.0 Å². The molecular formula is C17H26Cl2F2IN3O2S. The Labute approximate surface area is 194 Å². The summed E-state index contributed by atoms with van der Waals surface area (Å²) in [5.74, 6) is 0.767. The van der Waals surface area contributed by atoms with Gasteiger partial charge >= 0.3 is 6.61 Å². The zero-order chi connectivity index (χ0) is 20.6. The molecule has 11 heteroatoms. The summed E-state index contributed by atoms with van der Waals surface area (Å²) in [4.78, 5) is 4.35. The number of halogens is 5. The van der Waals surface area contributed by atoms with Crippen molar-refractivity contribution in [1.82, 2.24) is 10.6 Å². The number of hydrogen-bond donors (Lipinski definition) is 2. The summed E-state index contributed by atoms with van der Waals surface area (Å²) in [6.45, 7) is 5.70. The van der Waals surface area contributed by atoms with Crippen molar-refractivity contribution in [3.63, 3.8) is 0 Å². The van der Waals surface area contributed by atoms with E-state index in [2.05, 4.69) is 20.4 Å². The van der Waals surface area contributed by atoms with Gasteiger partial charge in [0.05, 0.1) is 11.6 Å². The Kier molecular flexibility index (Phi) is 12.8. The van der Waals surface area contributed by atoms with E-state index < -0.39 is 17.4 Å². The van der Waals surface area contributed by atoms with Crippen molar-refractivity contribution < 1.29 is 17.7 Å². The largest absolute Gasteiger partial charge is 0.433 e. The van der Waals surface area contributed by atoms with Gasteiger partial charge in [0, 0.05) is 45.0 Å². The summed E-state index contributed by atoms with van der Waals surface area (Å²) in [6, 6.07) is 2.81. The molecule has 1 aromatic rings. The molecule has 0 saturated heterocycles. The van der Waals surface area contributed by atoms with Crippen LogP contribution in [0.25, 0.3) is 0 Å². The van der Waals surface area contributed by atoms with Crippen LogP contribution in [-0.4, -0.2) is 40.4 Å². The van der Waals surface area contributed by atoms with Crippen LogP contribution < -0.4 is 15.4 Å². The zero-order valence-corrected chi connectivity index (χ0v) is 20.8. The van der Waals surface area contributed by atoms with Crippen LogP contribution in [0, 0.1) is 0 Å². The monoisotopic (exact) mass is 571 g/mol. The molecule has 0 spiro atoms. The van der Waals surface area contributed by atoms with E-state index in [9.17, 15) is 13.0 Å². The molecule has 28 heavy (non-hydrogen) atoms. The van der Waals surface area contributed by atoms with Crippen molar-refractivity contribution in [3.05, 3.63) is 27.7 Å². The molecule has 1 atom stereocenters. The van der Waals surface area contributed by atoms with E-state index in [0.717, 1.165) is 0 Å². The maximum Gasteiger partial charge on any atom is 0.387 e. The van der Waals surface area contributed by atoms with Crippen LogP contribution in [0.1, 0.15) is 33.3 Å². The van der Waals surface area contributed by atoms with Crippen LogP contribution in [0.5, 0.6) is 5.75 Å². The summed E-state index contributed by atoms with van der Waals surface area (Å²) >= 11 is 11.9. The Bertz CT molecular complexity index is 689. The van der Waals surface area contributed by atoms with Gasteiger partial charge in [-0.2, -0.15) is 8.78 Å². The van der Waals surface area contributed by atoms with E-state index in [1.165, 1.54) is 12.1 Å². The molecule has 0 saturated carbocycles. The maximum atomic E-state index is 12.6. The SMILES string of the molecule is CCNC(=NCc1cc(Cl)cc(Cl)c1OC(F)F)NCCS(=O)C(C)(C)C.I. The van der Waals surface area contributed by atoms with Gasteiger partial charge in [0.2, 0.25) is 0 Å². The van der Waals surface area contributed by atoms with Crippen molar-refractivity contribution in [2.24, 2.45) is 4.99 Å². The number of nitrogens with zero attached hydrogens (tertiary/aromatic N) is 1. The van der Waals surface area contributed by atoms with Crippen molar-refractivity contribution in [2.45, 2.75) is 45.6 Å². The van der Waals surface area contributed by atoms with Crippen LogP contribution in [0.3, 0.4) is 0 Å². The number of ether oxygens (including phenoxy) is 1. The van der Waals surface area contributed by atoms with Gasteiger partial charge in [0.15, 0.2) is 5.96 Å². The molecule has 0 amide bonds. The number of rotatable bonds is 8. The fraction of sp³-hybridized carbons (Fsp3) is 0.588. The number of guanidine groups is 1. The van der Waals surface area contributed by atoms with E-state index >= 15 is 0 Å². The lowest BCUT2D eigenvalue weighted by Crippen LogP contribution is -2.40. The molecule has 1 aromatic carbocycles. The van der Waals surface area contributed by atoms with Gasteiger partial charge in [0.1, 0.15) is 5.75 Å². The average molecular weight is 572 g/mol. The molecule has 1 unspecified atom stereocenters. The molecule has 5 nitrogen and oxygen atoms in total. The normalized spacial score (nSPS) is 13.1. The molecule has 0 heterocycles. The molecule has 0 fully saturated rings. The Morgan fingerprint density at radius 3 is 2.46 bits per heavy atom. The smallest absolute Gasteiger partial charge is 0.387 e. The molecule has 162 valence electrons. The molecule has 0 bridgehead atoms. The number of hydrogen-bond acceptors (Lipinski definition) is 3. The second kappa shape index (κ2) is 13.0. The standard InChI is InChI=1S/C17H25Cl2F2N3O2S.HI/c1-5-22-16(23-6-7-27(25)17(2,3)4)24-10-11-8-12(18)9-13(19)14(11)26-15(20)21;/h8-9,15H,5-7,10H2,1-4H3,(H2,22,23,24);1H. The first-order chi connectivity index (χ1) is 12.5. The topological polar surface area (TPSA) is 62.7 Å². The zero-order valence-electron chi connectivity index (χ0n) is 16.2. The molecule has 0 aliphatic carbocycles. The van der Waals surface area contributed by atoms with Crippen LogP contribution in [0.4, 0.5) is 8.78 Å². The van der Waals surface area contributed by atoms with E-state index in [0.29, 0.717) is 35.4 Å². The highest BCUT2D eigenvalue weighted by Gasteiger charge is 2.19. The lowest BCUT2D eigenvalue weighted by atomic mass is 10.2. The predicted molar refractivity (Wildman–Crippen MR) is 124 cm³/mol. The van der Waals surface area contributed by atoms with Gasteiger partial charge in [-0.05, 0) is 39.8 Å². The van der Waals surface area contributed by atoms with Gasteiger partial charge in [-0.1, -0.05) is 23.2 Å². The van der Waals surface area contributed by atoms with Crippen LogP contribution in [0.15, 0.2) is 17.1 Å². The van der Waals surface area contributed by atoms with Gasteiger partial charge < -0.3 is 15.4 Å². The summed E-state index contributed by atoms with van der Waals surface area (Å²) < 4.78 is 41.6. The minimum Gasteiger partial charge on any atom is -0.433 e. The third-order valence-corrected chi connectivity index (χ3v) is 5.75. The maximum absolute atomic E-state index is 12.6. The second-order valence-corrected chi connectivity index (χ2v) is 9.71. The molecule has 0 aromatic heterocycles. The highest BCUT2D eigenvalue weighted by atomic mass is 127. The highest BCUT2D eigenvalue weighted by Crippen LogP contribution is 2.34. The average Bonchev–Trinajstić information content (AvgIpc) is 2.54. The predicted octanol–water partition coefficient (Wildman–Crippen LogP) is 4.82. The number of nitrogens with one attached hydrogen (secondary N) is 2. The Morgan fingerprint density at radius 1 is 1.29 bits per heavy atom. The Hall–Kier alpha value is -0.390. The van der Waals surface area contributed by atoms with Crippen molar-refractivity contribution in [3.8, 4) is 5.75 Å². The second-order valence-electron chi connectivity index (χ2n) is 6.54. The van der Waals surface area contributed by atoms with Gasteiger partial charge in [0.25, 0.3) is 0 Å². The van der Waals surface area contributed by atoms with Gasteiger partial charge in [-0.25, -0.2) is 4.99 Å². The first-order valence-corrected chi connectivity index (χ1v) is 10.5. The minimum absolute atomic E-state index is 0. The Balaban J connectivity index is 0.00000729. The van der Waals surface area contributed by atoms with Crippen molar-refractivity contribution >= 4 is 63.9 Å². The fourth-order valence-electron chi connectivity index (χ4n) is 2.03. The fourth-order valence-corrected chi connectivity index (χ4v) is 3.51. The lowest BCUT2D eigenvalue weighted by Gasteiger charge is -2.18. The molecular weight excluding hydrogens is 546 g/mol. The molecule has 0 aliphatic heterocycles. The van der Waals surface area contributed by atoms with Crippen LogP contribution >= 0.6 is 47.2 Å². The molecule has 0 radical (unpaired) electrons. The van der Waals surface area contributed by atoms with Crippen molar-refractivity contribution in [2.75, 3.05) is 18.8 Å². The van der Waals surface area contributed by atoms with Crippen molar-refractivity contribution in [1.29, 1.82) is 0 Å². The number of alkyl halides is 2. The summed E-state index contributed by atoms with van der Waals surface area (Å²) in [7, 11) is -0.998. The quantitative estimate of drug-likeness (QED) is 0.267. The molecule has 2 N–H and O–H groups in total. The van der Waals surface area contributed by atoms with Gasteiger partial charge in [-0.3, -0.25) is 4.21 Å². The van der Waals surface area contributed by atoms with E-state index in [-0.39, 0.29) is 46.0 Å². The number of benzene rings is 1. The van der Waals surface area contributed by atoms with Crippen LogP contribution in [-0.2, 0) is 17.3 Å². The molecule has 1 rings (SSSR count). The summed E-state index contributed by atoms with van der Waals surface area (Å²) in [5, 5.41) is 6.40.